The molecular formula is C18H19N3O4. The highest BCUT2D eigenvalue weighted by Gasteiger charge is 2.22. The van der Waals surface area contributed by atoms with Crippen LogP contribution in [-0.2, 0) is 4.79 Å². The maximum absolute atomic E-state index is 12.2. The Bertz CT molecular complexity index is 778. The van der Waals surface area contributed by atoms with E-state index in [1.807, 2.05) is 24.3 Å². The van der Waals surface area contributed by atoms with E-state index in [-0.39, 0.29) is 24.1 Å². The number of ether oxygens (including phenoxy) is 1. The molecule has 1 atom stereocenters. The van der Waals surface area contributed by atoms with Gasteiger partial charge in [0.2, 0.25) is 5.91 Å². The summed E-state index contributed by atoms with van der Waals surface area (Å²) in [6, 6.07) is 14.0. The minimum absolute atomic E-state index is 0.00117. The SMILES string of the molecule is O=C(CCNc1ccccc1[N+](=O)[O-])N[C@@H]1CCOc2ccccc21. The third kappa shape index (κ3) is 4.06. The van der Waals surface area contributed by atoms with Crippen LogP contribution in [0.25, 0.3) is 0 Å². The van der Waals surface area contributed by atoms with Crippen molar-refractivity contribution < 1.29 is 14.5 Å². The normalized spacial score (nSPS) is 15.6. The van der Waals surface area contributed by atoms with Crippen LogP contribution in [0.2, 0.25) is 0 Å². The van der Waals surface area contributed by atoms with Crippen molar-refractivity contribution in [2.45, 2.75) is 18.9 Å². The van der Waals surface area contributed by atoms with Crippen molar-refractivity contribution in [2.75, 3.05) is 18.5 Å². The van der Waals surface area contributed by atoms with Gasteiger partial charge in [-0.05, 0) is 12.1 Å². The van der Waals surface area contributed by atoms with Crippen LogP contribution in [0, 0.1) is 10.1 Å². The molecule has 7 nitrogen and oxygen atoms in total. The summed E-state index contributed by atoms with van der Waals surface area (Å²) in [5.74, 6) is 0.699. The molecule has 0 spiro atoms. The first kappa shape index (κ1) is 16.8. The number of amides is 1. The number of anilines is 1. The van der Waals surface area contributed by atoms with Gasteiger partial charge in [-0.25, -0.2) is 0 Å². The molecule has 1 heterocycles. The number of nitrogens with zero attached hydrogens (tertiary/aromatic N) is 1. The minimum Gasteiger partial charge on any atom is -0.493 e. The van der Waals surface area contributed by atoms with Gasteiger partial charge in [-0.1, -0.05) is 30.3 Å². The molecule has 2 aromatic carbocycles. The topological polar surface area (TPSA) is 93.5 Å². The summed E-state index contributed by atoms with van der Waals surface area (Å²) < 4.78 is 5.58. The number of rotatable bonds is 6. The molecule has 1 amide bonds. The third-order valence-electron chi connectivity index (χ3n) is 4.06. The van der Waals surface area contributed by atoms with Gasteiger partial charge >= 0.3 is 0 Å². The van der Waals surface area contributed by atoms with E-state index >= 15 is 0 Å². The first-order valence-corrected chi connectivity index (χ1v) is 8.13. The fourth-order valence-corrected chi connectivity index (χ4v) is 2.85. The van der Waals surface area contributed by atoms with Crippen molar-refractivity contribution in [1.29, 1.82) is 0 Å². The van der Waals surface area contributed by atoms with Gasteiger partial charge in [0.15, 0.2) is 0 Å². The Kier molecular flexibility index (Phi) is 5.13. The van der Waals surface area contributed by atoms with E-state index in [9.17, 15) is 14.9 Å². The summed E-state index contributed by atoms with van der Waals surface area (Å²) in [4.78, 5) is 22.7. The smallest absolute Gasteiger partial charge is 0.292 e. The minimum atomic E-state index is -0.443. The summed E-state index contributed by atoms with van der Waals surface area (Å²) in [6.07, 6.45) is 0.950. The number of nitro benzene ring substituents is 1. The first-order valence-electron chi connectivity index (χ1n) is 8.13. The molecule has 7 heteroatoms. The molecule has 0 fully saturated rings. The zero-order valence-corrected chi connectivity index (χ0v) is 13.6. The number of fused-ring (bicyclic) bond motifs is 1. The van der Waals surface area contributed by atoms with Crippen molar-refractivity contribution >= 4 is 17.3 Å². The lowest BCUT2D eigenvalue weighted by Gasteiger charge is -2.26. The van der Waals surface area contributed by atoms with Gasteiger partial charge in [0, 0.05) is 31.0 Å². The summed E-state index contributed by atoms with van der Waals surface area (Å²) in [6.45, 7) is 0.887. The van der Waals surface area contributed by atoms with E-state index in [4.69, 9.17) is 4.74 Å². The quantitative estimate of drug-likeness (QED) is 0.622. The lowest BCUT2D eigenvalue weighted by atomic mass is 10.0. The first-order chi connectivity index (χ1) is 12.1. The lowest BCUT2D eigenvalue weighted by Crippen LogP contribution is -2.33. The van der Waals surface area contributed by atoms with E-state index < -0.39 is 4.92 Å². The number of benzene rings is 2. The molecule has 1 aliphatic heterocycles. The Morgan fingerprint density at radius 2 is 1.96 bits per heavy atom. The lowest BCUT2D eigenvalue weighted by molar-refractivity contribution is -0.384. The molecule has 0 bridgehead atoms. The van der Waals surface area contributed by atoms with Crippen molar-refractivity contribution in [2.24, 2.45) is 0 Å². The molecule has 2 aromatic rings. The molecule has 0 saturated carbocycles. The number of carbonyl (C=O) groups is 1. The fourth-order valence-electron chi connectivity index (χ4n) is 2.85. The Labute approximate surface area is 145 Å². The van der Waals surface area contributed by atoms with Crippen LogP contribution >= 0.6 is 0 Å². The van der Waals surface area contributed by atoms with Crippen molar-refractivity contribution in [3.63, 3.8) is 0 Å². The number of para-hydroxylation sites is 3. The molecular weight excluding hydrogens is 322 g/mol. The molecule has 0 aromatic heterocycles. The summed E-state index contributed by atoms with van der Waals surface area (Å²) in [5.41, 5.74) is 1.40. The van der Waals surface area contributed by atoms with E-state index in [1.54, 1.807) is 18.2 Å². The van der Waals surface area contributed by atoms with Crippen LogP contribution in [0.3, 0.4) is 0 Å². The monoisotopic (exact) mass is 341 g/mol. The molecule has 1 aliphatic rings. The van der Waals surface area contributed by atoms with E-state index in [2.05, 4.69) is 10.6 Å². The Hall–Kier alpha value is -3.09. The van der Waals surface area contributed by atoms with Gasteiger partial charge < -0.3 is 15.4 Å². The molecule has 2 N–H and O–H groups in total. The van der Waals surface area contributed by atoms with Gasteiger partial charge in [-0.2, -0.15) is 0 Å². The van der Waals surface area contributed by atoms with E-state index in [1.165, 1.54) is 6.07 Å². The number of nitro groups is 1. The largest absolute Gasteiger partial charge is 0.493 e. The van der Waals surface area contributed by atoms with Crippen LogP contribution in [0.5, 0.6) is 5.75 Å². The van der Waals surface area contributed by atoms with Crippen molar-refractivity contribution in [3.05, 3.63) is 64.2 Å². The standard InChI is InChI=1S/C18H19N3O4/c22-18(9-11-19-15-6-2-3-7-16(15)21(23)24)20-14-10-12-25-17-8-4-1-5-13(14)17/h1-8,14,19H,9-12H2,(H,20,22)/t14-/m1/s1. The Morgan fingerprint density at radius 1 is 1.20 bits per heavy atom. The molecule has 0 radical (unpaired) electrons. The van der Waals surface area contributed by atoms with E-state index in [0.717, 1.165) is 17.7 Å². The molecule has 0 saturated heterocycles. The van der Waals surface area contributed by atoms with Crippen LogP contribution in [0.1, 0.15) is 24.4 Å². The van der Waals surface area contributed by atoms with Gasteiger partial charge in [-0.3, -0.25) is 14.9 Å². The van der Waals surface area contributed by atoms with Gasteiger partial charge in [-0.15, -0.1) is 0 Å². The molecule has 0 unspecified atom stereocenters. The zero-order valence-electron chi connectivity index (χ0n) is 13.6. The predicted molar refractivity (Wildman–Crippen MR) is 93.6 cm³/mol. The fraction of sp³-hybridized carbons (Fsp3) is 0.278. The number of hydrogen-bond donors (Lipinski definition) is 2. The van der Waals surface area contributed by atoms with E-state index in [0.29, 0.717) is 18.8 Å². The average Bonchev–Trinajstić information content (AvgIpc) is 2.62. The highest BCUT2D eigenvalue weighted by Crippen LogP contribution is 2.31. The number of nitrogens with one attached hydrogen (secondary N) is 2. The van der Waals surface area contributed by atoms with Crippen LogP contribution in [-0.4, -0.2) is 24.0 Å². The third-order valence-corrected chi connectivity index (χ3v) is 4.06. The van der Waals surface area contributed by atoms with Crippen molar-refractivity contribution in [1.82, 2.24) is 5.32 Å². The van der Waals surface area contributed by atoms with Gasteiger partial charge in [0.1, 0.15) is 11.4 Å². The summed E-state index contributed by atoms with van der Waals surface area (Å²) in [7, 11) is 0. The van der Waals surface area contributed by atoms with Gasteiger partial charge in [0.05, 0.1) is 17.6 Å². The van der Waals surface area contributed by atoms with Gasteiger partial charge in [0.25, 0.3) is 5.69 Å². The Morgan fingerprint density at radius 3 is 2.80 bits per heavy atom. The molecule has 0 aliphatic carbocycles. The highest BCUT2D eigenvalue weighted by molar-refractivity contribution is 5.77. The second kappa shape index (κ2) is 7.65. The zero-order chi connectivity index (χ0) is 17.6. The number of hydrogen-bond acceptors (Lipinski definition) is 5. The van der Waals surface area contributed by atoms with Crippen LogP contribution in [0.15, 0.2) is 48.5 Å². The Balaban J connectivity index is 1.54. The van der Waals surface area contributed by atoms with Crippen molar-refractivity contribution in [3.8, 4) is 5.75 Å². The second-order valence-corrected chi connectivity index (χ2v) is 5.75. The summed E-state index contributed by atoms with van der Waals surface area (Å²) >= 11 is 0. The summed E-state index contributed by atoms with van der Waals surface area (Å²) in [5, 5.41) is 16.9. The molecule has 130 valence electrons. The molecule has 25 heavy (non-hydrogen) atoms. The maximum atomic E-state index is 12.2. The average molecular weight is 341 g/mol. The highest BCUT2D eigenvalue weighted by atomic mass is 16.6. The maximum Gasteiger partial charge on any atom is 0.292 e. The van der Waals surface area contributed by atoms with Crippen LogP contribution in [0.4, 0.5) is 11.4 Å². The number of carbonyl (C=O) groups excluding carboxylic acids is 1. The second-order valence-electron chi connectivity index (χ2n) is 5.75. The molecule has 3 rings (SSSR count). The predicted octanol–water partition coefficient (Wildman–Crippen LogP) is 3.04. The van der Waals surface area contributed by atoms with Crippen LogP contribution < -0.4 is 15.4 Å².